The zero-order chi connectivity index (χ0) is 14.4. The number of aromatic nitrogens is 2. The number of ether oxygens (including phenoxy) is 2. The Morgan fingerprint density at radius 3 is 3.20 bits per heavy atom. The van der Waals surface area contributed by atoms with Gasteiger partial charge in [-0.05, 0) is 22.5 Å². The fourth-order valence-electron chi connectivity index (χ4n) is 2.36. The predicted octanol–water partition coefficient (Wildman–Crippen LogP) is 2.07. The second-order valence-corrected chi connectivity index (χ2v) is 6.62. The third kappa shape index (κ3) is 3.98. The quantitative estimate of drug-likeness (QED) is 0.803. The molecule has 0 aliphatic carbocycles. The van der Waals surface area contributed by atoms with Crippen molar-refractivity contribution in [2.24, 2.45) is 0 Å². The first-order valence-corrected chi connectivity index (χ1v) is 8.85. The molecule has 2 rings (SSSR count). The highest BCUT2D eigenvalue weighted by atomic mass is 79.9. The third-order valence-electron chi connectivity index (χ3n) is 3.27. The molecule has 5 nitrogen and oxygen atoms in total. The Kier molecular flexibility index (Phi) is 6.83. The van der Waals surface area contributed by atoms with Gasteiger partial charge in [-0.1, -0.05) is 6.92 Å². The second-order valence-electron chi connectivity index (χ2n) is 4.61. The average molecular weight is 364 g/mol. The lowest BCUT2D eigenvalue weighted by Gasteiger charge is -2.31. The Balaban J connectivity index is 2.20. The van der Waals surface area contributed by atoms with Gasteiger partial charge in [-0.3, -0.25) is 4.68 Å². The van der Waals surface area contributed by atoms with Crippen LogP contribution in [-0.4, -0.2) is 54.3 Å². The van der Waals surface area contributed by atoms with E-state index in [2.05, 4.69) is 33.3 Å². The van der Waals surface area contributed by atoms with Crippen molar-refractivity contribution in [3.8, 4) is 0 Å². The predicted molar refractivity (Wildman–Crippen MR) is 85.3 cm³/mol. The zero-order valence-corrected chi connectivity index (χ0v) is 14.4. The van der Waals surface area contributed by atoms with E-state index in [0.29, 0.717) is 6.61 Å². The number of likely N-dealkylation sites (N-methyl/N-ethyl adjacent to an activating group) is 1. The molecule has 1 fully saturated rings. The number of thioether (sulfide) groups is 1. The molecule has 1 aromatic heterocycles. The van der Waals surface area contributed by atoms with Gasteiger partial charge in [0.1, 0.15) is 0 Å². The number of halogens is 1. The molecule has 114 valence electrons. The van der Waals surface area contributed by atoms with Gasteiger partial charge in [0.2, 0.25) is 0 Å². The van der Waals surface area contributed by atoms with Crippen LogP contribution in [0.2, 0.25) is 0 Å². The lowest BCUT2D eigenvalue weighted by molar-refractivity contribution is 0.0442. The van der Waals surface area contributed by atoms with Crippen molar-refractivity contribution in [3.63, 3.8) is 0 Å². The van der Waals surface area contributed by atoms with E-state index in [1.54, 1.807) is 7.11 Å². The Morgan fingerprint density at radius 2 is 2.55 bits per heavy atom. The van der Waals surface area contributed by atoms with Crippen molar-refractivity contribution >= 4 is 27.7 Å². The first-order chi connectivity index (χ1) is 9.77. The number of nitrogens with one attached hydrogen (secondary N) is 1. The van der Waals surface area contributed by atoms with Gasteiger partial charge < -0.3 is 14.8 Å². The normalized spacial score (nSPS) is 21.1. The summed E-state index contributed by atoms with van der Waals surface area (Å²) in [4.78, 5) is 0. The number of hydrogen-bond acceptors (Lipinski definition) is 5. The molecule has 7 heteroatoms. The monoisotopic (exact) mass is 363 g/mol. The van der Waals surface area contributed by atoms with Crippen molar-refractivity contribution in [1.82, 2.24) is 15.1 Å². The summed E-state index contributed by atoms with van der Waals surface area (Å²) in [5, 5.41) is 7.98. The topological polar surface area (TPSA) is 48.3 Å². The minimum Gasteiger partial charge on any atom is -0.383 e. The molecule has 2 heterocycles. The first kappa shape index (κ1) is 16.3. The number of methoxy groups -OCH3 is 1. The maximum absolute atomic E-state index is 5.95. The van der Waals surface area contributed by atoms with E-state index >= 15 is 0 Å². The average Bonchev–Trinajstić information content (AvgIpc) is 2.84. The highest BCUT2D eigenvalue weighted by molar-refractivity contribution is 9.10. The molecule has 1 aromatic rings. The van der Waals surface area contributed by atoms with Gasteiger partial charge in [0.15, 0.2) is 0 Å². The molecule has 1 aliphatic rings. The smallest absolute Gasteiger partial charge is 0.0875 e. The molecule has 0 spiro atoms. The Hall–Kier alpha value is -0.0800. The summed E-state index contributed by atoms with van der Waals surface area (Å²) in [6, 6.07) is 0.154. The van der Waals surface area contributed by atoms with Crippen LogP contribution in [0.15, 0.2) is 10.7 Å². The molecule has 20 heavy (non-hydrogen) atoms. The van der Waals surface area contributed by atoms with Crippen LogP contribution in [0.4, 0.5) is 0 Å². The van der Waals surface area contributed by atoms with E-state index in [4.69, 9.17) is 9.47 Å². The van der Waals surface area contributed by atoms with Crippen molar-refractivity contribution in [1.29, 1.82) is 0 Å². The summed E-state index contributed by atoms with van der Waals surface area (Å²) in [6.45, 7) is 5.24. The van der Waals surface area contributed by atoms with E-state index < -0.39 is 0 Å². The minimum atomic E-state index is 0.154. The van der Waals surface area contributed by atoms with E-state index in [9.17, 15) is 0 Å². The van der Waals surface area contributed by atoms with Gasteiger partial charge in [-0.15, -0.1) is 0 Å². The van der Waals surface area contributed by atoms with Crippen molar-refractivity contribution < 1.29 is 9.47 Å². The second kappa shape index (κ2) is 8.38. The number of rotatable bonds is 7. The summed E-state index contributed by atoms with van der Waals surface area (Å²) < 4.78 is 14.1. The van der Waals surface area contributed by atoms with Gasteiger partial charge in [0, 0.05) is 18.6 Å². The van der Waals surface area contributed by atoms with Crippen LogP contribution in [0.25, 0.3) is 0 Å². The number of hydrogen-bond donors (Lipinski definition) is 1. The maximum Gasteiger partial charge on any atom is 0.0875 e. The summed E-state index contributed by atoms with van der Waals surface area (Å²) in [5.74, 6) is 2.10. The van der Waals surface area contributed by atoms with Gasteiger partial charge in [-0.2, -0.15) is 16.9 Å². The Labute approximate surface area is 132 Å². The van der Waals surface area contributed by atoms with Crippen LogP contribution in [-0.2, 0) is 16.0 Å². The third-order valence-corrected chi connectivity index (χ3v) is 4.90. The molecule has 1 N–H and O–H groups in total. The fourth-order valence-corrected chi connectivity index (χ4v) is 3.80. The molecular formula is C13H22BrN3O2S. The van der Waals surface area contributed by atoms with Crippen LogP contribution < -0.4 is 5.32 Å². The van der Waals surface area contributed by atoms with Crippen LogP contribution in [0.1, 0.15) is 18.7 Å². The lowest BCUT2D eigenvalue weighted by Crippen LogP contribution is -2.39. The summed E-state index contributed by atoms with van der Waals surface area (Å²) >= 11 is 5.57. The highest BCUT2D eigenvalue weighted by Gasteiger charge is 2.30. The van der Waals surface area contributed by atoms with E-state index in [0.717, 1.165) is 41.4 Å². The molecule has 2 atom stereocenters. The Morgan fingerprint density at radius 1 is 1.70 bits per heavy atom. The molecule has 0 bridgehead atoms. The SMILES string of the molecule is CCNC(c1c(Br)cnn1CCOC)C1CSCCO1. The molecule has 2 unspecified atom stereocenters. The standard InChI is InChI=1S/C13H22BrN3O2S/c1-3-15-12(11-9-20-7-6-19-11)13-10(14)8-16-17(13)4-5-18-2/h8,11-12,15H,3-7,9H2,1-2H3. The lowest BCUT2D eigenvalue weighted by atomic mass is 10.1. The molecule has 0 aromatic carbocycles. The van der Waals surface area contributed by atoms with Crippen LogP contribution >= 0.6 is 27.7 Å². The molecular weight excluding hydrogens is 342 g/mol. The van der Waals surface area contributed by atoms with Crippen LogP contribution in [0.3, 0.4) is 0 Å². The molecule has 1 aliphatic heterocycles. The van der Waals surface area contributed by atoms with E-state index in [-0.39, 0.29) is 12.1 Å². The van der Waals surface area contributed by atoms with Gasteiger partial charge in [0.05, 0.1) is 48.3 Å². The van der Waals surface area contributed by atoms with Gasteiger partial charge in [0.25, 0.3) is 0 Å². The largest absolute Gasteiger partial charge is 0.383 e. The summed E-state index contributed by atoms with van der Waals surface area (Å²) in [6.07, 6.45) is 2.04. The van der Waals surface area contributed by atoms with Gasteiger partial charge >= 0.3 is 0 Å². The summed E-state index contributed by atoms with van der Waals surface area (Å²) in [5.41, 5.74) is 1.15. The van der Waals surface area contributed by atoms with Crippen LogP contribution in [0, 0.1) is 0 Å². The van der Waals surface area contributed by atoms with Crippen molar-refractivity contribution in [3.05, 3.63) is 16.4 Å². The molecule has 0 radical (unpaired) electrons. The van der Waals surface area contributed by atoms with Crippen molar-refractivity contribution in [2.75, 3.05) is 38.4 Å². The van der Waals surface area contributed by atoms with Gasteiger partial charge in [-0.25, -0.2) is 0 Å². The van der Waals surface area contributed by atoms with E-state index in [1.165, 1.54) is 0 Å². The zero-order valence-electron chi connectivity index (χ0n) is 12.0. The minimum absolute atomic E-state index is 0.154. The highest BCUT2D eigenvalue weighted by Crippen LogP contribution is 2.30. The molecule has 0 saturated carbocycles. The number of nitrogens with zero attached hydrogens (tertiary/aromatic N) is 2. The Bertz CT molecular complexity index is 410. The first-order valence-electron chi connectivity index (χ1n) is 6.90. The maximum atomic E-state index is 5.95. The molecule has 1 saturated heterocycles. The van der Waals surface area contributed by atoms with Crippen LogP contribution in [0.5, 0.6) is 0 Å². The van der Waals surface area contributed by atoms with Crippen molar-refractivity contribution in [2.45, 2.75) is 25.6 Å². The van der Waals surface area contributed by atoms with E-state index in [1.807, 2.05) is 22.6 Å². The summed E-state index contributed by atoms with van der Waals surface area (Å²) in [7, 11) is 1.71. The fraction of sp³-hybridized carbons (Fsp3) is 0.769. The molecule has 0 amide bonds.